The van der Waals surface area contributed by atoms with E-state index in [0.29, 0.717) is 37.5 Å². The molecule has 0 aromatic rings. The van der Waals surface area contributed by atoms with Crippen molar-refractivity contribution in [3.63, 3.8) is 0 Å². The number of nitrogens with one attached hydrogen (secondary N) is 6. The lowest BCUT2D eigenvalue weighted by atomic mass is 9.82. The molecule has 8 atom stereocenters. The third-order valence-electron chi connectivity index (χ3n) is 8.37. The second-order valence-electron chi connectivity index (χ2n) is 10.9. The number of hydrogen-bond donors (Lipinski definition) is 7. The van der Waals surface area contributed by atoms with Crippen LogP contribution >= 0.6 is 0 Å². The summed E-state index contributed by atoms with van der Waals surface area (Å²) < 4.78 is 5.78. The van der Waals surface area contributed by atoms with Gasteiger partial charge in [0.15, 0.2) is 0 Å². The zero-order valence-corrected chi connectivity index (χ0v) is 21.0. The molecule has 4 fully saturated rings. The molecule has 0 spiro atoms. The highest BCUT2D eigenvalue weighted by molar-refractivity contribution is 5.79. The average molecular weight is 481 g/mol. The Morgan fingerprint density at radius 3 is 2.76 bits per heavy atom. The van der Waals surface area contributed by atoms with E-state index < -0.39 is 0 Å². The van der Waals surface area contributed by atoms with Gasteiger partial charge >= 0.3 is 0 Å². The number of carbonyl (C=O) groups excluding carboxylic acids is 1. The van der Waals surface area contributed by atoms with Gasteiger partial charge in [-0.15, -0.1) is 0 Å². The number of hydrogen-bond acceptors (Lipinski definition) is 8. The topological polar surface area (TPSA) is 119 Å². The van der Waals surface area contributed by atoms with E-state index in [1.54, 1.807) is 0 Å². The summed E-state index contributed by atoms with van der Waals surface area (Å²) in [4.78, 5) is 13.1. The van der Waals surface area contributed by atoms with Gasteiger partial charge in [-0.25, -0.2) is 0 Å². The molecule has 3 saturated heterocycles. The zero-order valence-electron chi connectivity index (χ0n) is 21.0. The molecule has 9 nitrogen and oxygen atoms in total. The SMILES string of the molecule is CC1CCC(NC(=O)C2CCNC(OCCCO)C2)CC1NC1NCCC(C2CCCNC2)N1. The lowest BCUT2D eigenvalue weighted by molar-refractivity contribution is -0.129. The first-order valence-corrected chi connectivity index (χ1v) is 13.8. The number of amides is 1. The van der Waals surface area contributed by atoms with Gasteiger partial charge in [0.1, 0.15) is 12.5 Å². The Bertz CT molecular complexity index is 619. The van der Waals surface area contributed by atoms with E-state index in [-0.39, 0.29) is 37.0 Å². The van der Waals surface area contributed by atoms with E-state index >= 15 is 0 Å². The van der Waals surface area contributed by atoms with Crippen molar-refractivity contribution in [1.82, 2.24) is 31.9 Å². The van der Waals surface area contributed by atoms with Crippen LogP contribution in [-0.2, 0) is 9.53 Å². The largest absolute Gasteiger partial charge is 0.396 e. The molecular formula is C25H48N6O3. The van der Waals surface area contributed by atoms with E-state index in [0.717, 1.165) is 57.8 Å². The predicted molar refractivity (Wildman–Crippen MR) is 133 cm³/mol. The van der Waals surface area contributed by atoms with Crippen LogP contribution in [0.2, 0.25) is 0 Å². The number of carbonyl (C=O) groups is 1. The van der Waals surface area contributed by atoms with Gasteiger partial charge < -0.3 is 20.5 Å². The van der Waals surface area contributed by atoms with Gasteiger partial charge in [-0.3, -0.25) is 26.1 Å². The maximum atomic E-state index is 13.1. The highest BCUT2D eigenvalue weighted by atomic mass is 16.5. The van der Waals surface area contributed by atoms with Crippen LogP contribution in [0.25, 0.3) is 0 Å². The summed E-state index contributed by atoms with van der Waals surface area (Å²) in [6.45, 7) is 7.12. The minimum absolute atomic E-state index is 0.00215. The predicted octanol–water partition coefficient (Wildman–Crippen LogP) is 0.209. The molecule has 0 radical (unpaired) electrons. The van der Waals surface area contributed by atoms with Gasteiger partial charge in [-0.1, -0.05) is 6.92 Å². The van der Waals surface area contributed by atoms with Crippen LogP contribution in [0.1, 0.15) is 64.7 Å². The molecule has 0 bridgehead atoms. The molecule has 3 aliphatic heterocycles. The third-order valence-corrected chi connectivity index (χ3v) is 8.37. The monoisotopic (exact) mass is 480 g/mol. The summed E-state index contributed by atoms with van der Waals surface area (Å²) in [6, 6.07) is 1.18. The van der Waals surface area contributed by atoms with Crippen molar-refractivity contribution in [2.45, 2.75) is 95.4 Å². The molecule has 7 N–H and O–H groups in total. The van der Waals surface area contributed by atoms with Crippen molar-refractivity contribution in [3.8, 4) is 0 Å². The molecule has 1 saturated carbocycles. The van der Waals surface area contributed by atoms with Gasteiger partial charge in [0.25, 0.3) is 0 Å². The van der Waals surface area contributed by atoms with Crippen molar-refractivity contribution >= 4 is 5.91 Å². The molecule has 4 aliphatic rings. The molecule has 4 rings (SSSR count). The van der Waals surface area contributed by atoms with Gasteiger partial charge in [0.05, 0.1) is 6.61 Å². The van der Waals surface area contributed by atoms with E-state index in [1.165, 1.54) is 19.3 Å². The van der Waals surface area contributed by atoms with Gasteiger partial charge in [0, 0.05) is 30.7 Å². The van der Waals surface area contributed by atoms with E-state index in [1.807, 2.05) is 0 Å². The number of rotatable bonds is 9. The van der Waals surface area contributed by atoms with Crippen LogP contribution in [-0.4, -0.2) is 81.0 Å². The van der Waals surface area contributed by atoms with E-state index in [9.17, 15) is 4.79 Å². The van der Waals surface area contributed by atoms with Gasteiger partial charge in [-0.2, -0.15) is 0 Å². The van der Waals surface area contributed by atoms with Crippen molar-refractivity contribution in [2.24, 2.45) is 17.8 Å². The maximum Gasteiger partial charge on any atom is 0.223 e. The summed E-state index contributed by atoms with van der Waals surface area (Å²) in [5.74, 6) is 1.49. The molecule has 9 heteroatoms. The molecule has 0 aromatic carbocycles. The fourth-order valence-corrected chi connectivity index (χ4v) is 6.19. The van der Waals surface area contributed by atoms with Crippen LogP contribution in [0.15, 0.2) is 0 Å². The van der Waals surface area contributed by atoms with Crippen molar-refractivity contribution in [3.05, 3.63) is 0 Å². The Morgan fingerprint density at radius 2 is 1.94 bits per heavy atom. The number of piperidine rings is 2. The molecule has 3 heterocycles. The first kappa shape index (κ1) is 26.3. The summed E-state index contributed by atoms with van der Waals surface area (Å²) in [6.07, 6.45) is 9.17. The van der Waals surface area contributed by atoms with E-state index in [2.05, 4.69) is 38.8 Å². The Hall–Kier alpha value is -0.810. The van der Waals surface area contributed by atoms with Crippen LogP contribution in [0, 0.1) is 17.8 Å². The fourth-order valence-electron chi connectivity index (χ4n) is 6.19. The first-order chi connectivity index (χ1) is 16.6. The standard InChI is InChI=1S/C25H48N6O3/c1-17-5-6-20(29-24(33)18-7-10-27-23(14-18)34-13-3-12-32)15-22(17)31-25-28-11-8-21(30-25)19-4-2-9-26-16-19/h17-23,25-28,30-32H,2-16H2,1H3,(H,29,33). The Labute approximate surface area is 205 Å². The molecule has 34 heavy (non-hydrogen) atoms. The number of aliphatic hydroxyl groups is 1. The Balaban J connectivity index is 1.23. The van der Waals surface area contributed by atoms with Crippen LogP contribution in [0.3, 0.4) is 0 Å². The smallest absolute Gasteiger partial charge is 0.223 e. The summed E-state index contributed by atoms with van der Waals surface area (Å²) in [5, 5.41) is 30.5. The van der Waals surface area contributed by atoms with Crippen LogP contribution < -0.4 is 31.9 Å². The van der Waals surface area contributed by atoms with Crippen molar-refractivity contribution < 1.29 is 14.6 Å². The minimum atomic E-state index is -0.0902. The summed E-state index contributed by atoms with van der Waals surface area (Å²) >= 11 is 0. The summed E-state index contributed by atoms with van der Waals surface area (Å²) in [7, 11) is 0. The lowest BCUT2D eigenvalue weighted by Crippen LogP contribution is -2.66. The quantitative estimate of drug-likeness (QED) is 0.234. The Kier molecular flexibility index (Phi) is 10.4. The zero-order chi connectivity index (χ0) is 23.8. The highest BCUT2D eigenvalue weighted by Crippen LogP contribution is 2.26. The normalized spacial score (nSPS) is 39.5. The van der Waals surface area contributed by atoms with Crippen LogP contribution in [0.5, 0.6) is 0 Å². The highest BCUT2D eigenvalue weighted by Gasteiger charge is 2.35. The number of ether oxygens (including phenoxy) is 1. The lowest BCUT2D eigenvalue weighted by Gasteiger charge is -2.43. The maximum absolute atomic E-state index is 13.1. The molecule has 196 valence electrons. The second kappa shape index (κ2) is 13.5. The van der Waals surface area contributed by atoms with Crippen molar-refractivity contribution in [2.75, 3.05) is 39.4 Å². The molecule has 1 amide bonds. The molecule has 0 aromatic heterocycles. The average Bonchev–Trinajstić information content (AvgIpc) is 2.87. The van der Waals surface area contributed by atoms with Gasteiger partial charge in [-0.05, 0) is 95.8 Å². The molecular weight excluding hydrogens is 432 g/mol. The van der Waals surface area contributed by atoms with Crippen LogP contribution in [0.4, 0.5) is 0 Å². The fraction of sp³-hybridized carbons (Fsp3) is 0.960. The third kappa shape index (κ3) is 7.59. The summed E-state index contributed by atoms with van der Waals surface area (Å²) in [5.41, 5.74) is 0. The minimum Gasteiger partial charge on any atom is -0.396 e. The molecule has 8 unspecified atom stereocenters. The first-order valence-electron chi connectivity index (χ1n) is 13.8. The van der Waals surface area contributed by atoms with E-state index in [4.69, 9.17) is 9.84 Å². The second-order valence-corrected chi connectivity index (χ2v) is 10.9. The molecule has 1 aliphatic carbocycles. The Morgan fingerprint density at radius 1 is 1.06 bits per heavy atom. The number of aliphatic hydroxyl groups excluding tert-OH is 1. The van der Waals surface area contributed by atoms with Crippen molar-refractivity contribution in [1.29, 1.82) is 0 Å². The van der Waals surface area contributed by atoms with Gasteiger partial charge in [0.2, 0.25) is 5.91 Å².